The third kappa shape index (κ3) is 3.79. The third-order valence-corrected chi connectivity index (χ3v) is 3.12. The van der Waals surface area contributed by atoms with E-state index in [1.807, 2.05) is 18.2 Å². The highest BCUT2D eigenvalue weighted by atomic mass is 16.1. The summed E-state index contributed by atoms with van der Waals surface area (Å²) in [4.78, 5) is 17.8. The lowest BCUT2D eigenvalue weighted by Crippen LogP contribution is -2.22. The van der Waals surface area contributed by atoms with E-state index >= 15 is 0 Å². The van der Waals surface area contributed by atoms with Gasteiger partial charge in [0.1, 0.15) is 5.82 Å². The average molecular weight is 284 g/mol. The van der Waals surface area contributed by atoms with Crippen molar-refractivity contribution in [3.8, 4) is 0 Å². The van der Waals surface area contributed by atoms with E-state index in [0.29, 0.717) is 5.69 Å². The van der Waals surface area contributed by atoms with E-state index in [1.165, 1.54) is 5.56 Å². The number of aromatic nitrogens is 1. The summed E-state index contributed by atoms with van der Waals surface area (Å²) in [5.74, 6) is 0.615. The number of pyridine rings is 1. The minimum Gasteiger partial charge on any atom is -0.327 e. The number of rotatable bonds is 5. The molecule has 0 saturated carbocycles. The summed E-state index contributed by atoms with van der Waals surface area (Å²) in [7, 11) is 0. The van der Waals surface area contributed by atoms with Gasteiger partial charge in [-0.25, -0.2) is 4.98 Å². The summed E-state index contributed by atoms with van der Waals surface area (Å²) in [6.07, 6.45) is 1.64. The predicted octanol–water partition coefficient (Wildman–Crippen LogP) is 2.45. The highest BCUT2D eigenvalue weighted by Crippen LogP contribution is 2.24. The number of carbonyl (C=O) groups excluding carboxylic acids is 1. The molecule has 0 aliphatic heterocycles. The fourth-order valence-electron chi connectivity index (χ4n) is 2.10. The second-order valence-electron chi connectivity index (χ2n) is 4.74. The van der Waals surface area contributed by atoms with Gasteiger partial charge in [0.05, 0.1) is 18.4 Å². The first-order valence-corrected chi connectivity index (χ1v) is 6.94. The Labute approximate surface area is 124 Å². The van der Waals surface area contributed by atoms with Crippen LogP contribution in [0.2, 0.25) is 0 Å². The summed E-state index contributed by atoms with van der Waals surface area (Å²) in [6.45, 7) is 4.92. The van der Waals surface area contributed by atoms with Crippen LogP contribution < -0.4 is 16.0 Å². The van der Waals surface area contributed by atoms with Gasteiger partial charge in [-0.2, -0.15) is 0 Å². The molecule has 5 nitrogen and oxygen atoms in total. The van der Waals surface area contributed by atoms with Gasteiger partial charge in [0.15, 0.2) is 0 Å². The number of nitrogens with zero attached hydrogens (tertiary/aromatic N) is 2. The topological polar surface area (TPSA) is 71.2 Å². The number of nitrogens with one attached hydrogen (secondary N) is 1. The predicted molar refractivity (Wildman–Crippen MR) is 85.8 cm³/mol. The van der Waals surface area contributed by atoms with Crippen molar-refractivity contribution in [1.29, 1.82) is 0 Å². The van der Waals surface area contributed by atoms with Crippen LogP contribution in [0.3, 0.4) is 0 Å². The zero-order valence-electron chi connectivity index (χ0n) is 12.3. The highest BCUT2D eigenvalue weighted by Gasteiger charge is 2.09. The van der Waals surface area contributed by atoms with Gasteiger partial charge in [0.2, 0.25) is 5.91 Å². The zero-order chi connectivity index (χ0) is 15.2. The lowest BCUT2D eigenvalue weighted by Gasteiger charge is -2.22. The Morgan fingerprint density at radius 3 is 2.71 bits per heavy atom. The average Bonchev–Trinajstić information content (AvgIpc) is 2.50. The van der Waals surface area contributed by atoms with Crippen LogP contribution in [0.5, 0.6) is 0 Å². The second-order valence-corrected chi connectivity index (χ2v) is 4.74. The van der Waals surface area contributed by atoms with Crippen molar-refractivity contribution in [2.75, 3.05) is 23.3 Å². The maximum absolute atomic E-state index is 11.2. The van der Waals surface area contributed by atoms with Crippen LogP contribution in [0.25, 0.3) is 0 Å². The van der Waals surface area contributed by atoms with Crippen molar-refractivity contribution in [3.63, 3.8) is 0 Å². The summed E-state index contributed by atoms with van der Waals surface area (Å²) in [6, 6.07) is 12.0. The van der Waals surface area contributed by atoms with Crippen LogP contribution in [0.1, 0.15) is 12.5 Å². The van der Waals surface area contributed by atoms with Crippen LogP contribution in [0.4, 0.5) is 17.2 Å². The molecule has 0 saturated heterocycles. The molecule has 0 radical (unpaired) electrons. The summed E-state index contributed by atoms with van der Waals surface area (Å²) in [5, 5.41) is 2.68. The van der Waals surface area contributed by atoms with Gasteiger partial charge in [-0.3, -0.25) is 4.79 Å². The number of hydrogen-bond acceptors (Lipinski definition) is 4. The molecule has 1 amide bonds. The molecule has 0 unspecified atom stereocenters. The quantitative estimate of drug-likeness (QED) is 0.884. The van der Waals surface area contributed by atoms with E-state index in [4.69, 9.17) is 5.73 Å². The monoisotopic (exact) mass is 284 g/mol. The molecular weight excluding hydrogens is 264 g/mol. The van der Waals surface area contributed by atoms with E-state index in [9.17, 15) is 4.79 Å². The lowest BCUT2D eigenvalue weighted by molar-refractivity contribution is -0.114. The smallest absolute Gasteiger partial charge is 0.238 e. The van der Waals surface area contributed by atoms with Crippen LogP contribution in [0, 0.1) is 6.92 Å². The molecule has 0 aliphatic carbocycles. The fraction of sp³-hybridized carbons (Fsp3) is 0.250. The molecule has 3 N–H and O–H groups in total. The first-order valence-electron chi connectivity index (χ1n) is 6.94. The first-order chi connectivity index (χ1) is 10.1. The number of amides is 1. The third-order valence-electron chi connectivity index (χ3n) is 3.12. The number of hydrogen-bond donors (Lipinski definition) is 2. The molecule has 0 spiro atoms. The van der Waals surface area contributed by atoms with Crippen molar-refractivity contribution < 1.29 is 4.79 Å². The van der Waals surface area contributed by atoms with E-state index in [-0.39, 0.29) is 12.5 Å². The van der Waals surface area contributed by atoms with Crippen molar-refractivity contribution in [1.82, 2.24) is 4.98 Å². The Morgan fingerprint density at radius 2 is 2.14 bits per heavy atom. The minimum absolute atomic E-state index is 0.0356. The maximum atomic E-state index is 11.2. The molecule has 21 heavy (non-hydrogen) atoms. The van der Waals surface area contributed by atoms with Crippen LogP contribution in [-0.4, -0.2) is 24.0 Å². The number of carbonyl (C=O) groups is 1. The van der Waals surface area contributed by atoms with Crippen LogP contribution >= 0.6 is 0 Å². The van der Waals surface area contributed by atoms with E-state index < -0.39 is 0 Å². The van der Waals surface area contributed by atoms with Gasteiger partial charge in [-0.15, -0.1) is 0 Å². The minimum atomic E-state index is -0.226. The molecule has 0 aliphatic rings. The molecule has 1 aromatic carbocycles. The van der Waals surface area contributed by atoms with E-state index in [1.54, 1.807) is 6.20 Å². The summed E-state index contributed by atoms with van der Waals surface area (Å²) in [5.41, 5.74) is 8.22. The van der Waals surface area contributed by atoms with Gasteiger partial charge in [-0.05, 0) is 43.7 Å². The van der Waals surface area contributed by atoms with Gasteiger partial charge < -0.3 is 16.0 Å². The Hall–Kier alpha value is -2.40. The SMILES string of the molecule is CCN(c1cccc(C)c1)c1ccc(NC(=O)CN)cn1. The first kappa shape index (κ1) is 15.0. The summed E-state index contributed by atoms with van der Waals surface area (Å²) < 4.78 is 0. The van der Waals surface area contributed by atoms with Gasteiger partial charge in [0.25, 0.3) is 0 Å². The van der Waals surface area contributed by atoms with Crippen LogP contribution in [0.15, 0.2) is 42.6 Å². The molecule has 2 rings (SSSR count). The number of anilines is 3. The lowest BCUT2D eigenvalue weighted by atomic mass is 10.2. The summed E-state index contributed by atoms with van der Waals surface area (Å²) >= 11 is 0. The standard InChI is InChI=1S/C16H20N4O/c1-3-20(14-6-4-5-12(2)9-14)15-8-7-13(11-18-15)19-16(21)10-17/h4-9,11H,3,10,17H2,1-2H3,(H,19,21). The Bertz CT molecular complexity index is 610. The normalized spacial score (nSPS) is 10.2. The molecule has 0 atom stereocenters. The molecule has 0 bridgehead atoms. The second kappa shape index (κ2) is 6.85. The van der Waals surface area contributed by atoms with Gasteiger partial charge in [-0.1, -0.05) is 12.1 Å². The largest absolute Gasteiger partial charge is 0.327 e. The Morgan fingerprint density at radius 1 is 1.33 bits per heavy atom. The van der Waals surface area contributed by atoms with E-state index in [2.05, 4.69) is 47.2 Å². The van der Waals surface area contributed by atoms with Crippen molar-refractivity contribution >= 4 is 23.1 Å². The number of aryl methyl sites for hydroxylation is 1. The number of benzene rings is 1. The van der Waals surface area contributed by atoms with Crippen molar-refractivity contribution in [3.05, 3.63) is 48.2 Å². The molecule has 1 heterocycles. The fourth-order valence-corrected chi connectivity index (χ4v) is 2.10. The number of nitrogens with two attached hydrogens (primary N) is 1. The van der Waals surface area contributed by atoms with Crippen LogP contribution in [-0.2, 0) is 4.79 Å². The van der Waals surface area contributed by atoms with Crippen molar-refractivity contribution in [2.24, 2.45) is 5.73 Å². The molecule has 0 fully saturated rings. The van der Waals surface area contributed by atoms with Crippen molar-refractivity contribution in [2.45, 2.75) is 13.8 Å². The Kier molecular flexibility index (Phi) is 4.90. The highest BCUT2D eigenvalue weighted by molar-refractivity contribution is 5.92. The molecule has 1 aromatic heterocycles. The molecule has 2 aromatic rings. The van der Waals surface area contributed by atoms with E-state index in [0.717, 1.165) is 18.1 Å². The van der Waals surface area contributed by atoms with Gasteiger partial charge >= 0.3 is 0 Å². The molecule has 110 valence electrons. The maximum Gasteiger partial charge on any atom is 0.238 e. The zero-order valence-corrected chi connectivity index (χ0v) is 12.3. The molecule has 5 heteroatoms. The molecular formula is C16H20N4O. The Balaban J connectivity index is 2.21. The van der Waals surface area contributed by atoms with Gasteiger partial charge in [0, 0.05) is 12.2 Å².